The molecule has 0 saturated carbocycles. The van der Waals surface area contributed by atoms with E-state index in [1.165, 1.54) is 11.5 Å². The zero-order chi connectivity index (χ0) is 12.8. The molecule has 0 bridgehead atoms. The van der Waals surface area contributed by atoms with Crippen LogP contribution >= 0.6 is 27.5 Å². The highest BCUT2D eigenvalue weighted by atomic mass is 79.9. The highest BCUT2D eigenvalue weighted by Crippen LogP contribution is 2.25. The van der Waals surface area contributed by atoms with E-state index in [-0.39, 0.29) is 0 Å². The number of methoxy groups -OCH3 is 1. The summed E-state index contributed by atoms with van der Waals surface area (Å²) in [7, 11) is 1.70. The van der Waals surface area contributed by atoms with Crippen LogP contribution in [0.4, 0.5) is 0 Å². The van der Waals surface area contributed by atoms with E-state index in [0.717, 1.165) is 33.7 Å². The number of hydrogen-bond acceptors (Lipinski definition) is 5. The van der Waals surface area contributed by atoms with E-state index in [1.54, 1.807) is 7.11 Å². The maximum atomic E-state index is 4.99. The fraction of sp³-hybridized carbons (Fsp3) is 0.333. The molecule has 0 aliphatic heterocycles. The van der Waals surface area contributed by atoms with Crippen LogP contribution in [0, 0.1) is 0 Å². The van der Waals surface area contributed by atoms with Crippen molar-refractivity contribution in [2.75, 3.05) is 20.3 Å². The van der Waals surface area contributed by atoms with Crippen molar-refractivity contribution in [2.45, 2.75) is 6.54 Å². The van der Waals surface area contributed by atoms with E-state index in [2.05, 4.69) is 30.8 Å². The Morgan fingerprint density at radius 3 is 2.83 bits per heavy atom. The summed E-state index contributed by atoms with van der Waals surface area (Å²) in [4.78, 5) is 1.15. The molecule has 0 radical (unpaired) electrons. The van der Waals surface area contributed by atoms with E-state index >= 15 is 0 Å². The van der Waals surface area contributed by atoms with Crippen molar-refractivity contribution in [3.63, 3.8) is 0 Å². The first-order chi connectivity index (χ1) is 8.81. The second kappa shape index (κ2) is 6.94. The molecule has 2 aromatic rings. The molecule has 96 valence electrons. The average Bonchev–Trinajstić information content (AvgIpc) is 2.84. The fourth-order valence-corrected chi connectivity index (χ4v) is 2.43. The molecule has 2 rings (SSSR count). The summed E-state index contributed by atoms with van der Waals surface area (Å²) in [5.41, 5.74) is 2.05. The standard InChI is InChI=1S/C12H14BrN3OS/c1-17-7-6-14-8-11-12(15-16-18-11)9-2-4-10(13)5-3-9/h2-5,14H,6-8H2,1H3. The lowest BCUT2D eigenvalue weighted by Crippen LogP contribution is -2.18. The Hall–Kier alpha value is -0.820. The van der Waals surface area contributed by atoms with Gasteiger partial charge >= 0.3 is 0 Å². The molecule has 6 heteroatoms. The first-order valence-electron chi connectivity index (χ1n) is 5.58. The summed E-state index contributed by atoms with van der Waals surface area (Å²) < 4.78 is 10.1. The lowest BCUT2D eigenvalue weighted by molar-refractivity contribution is 0.199. The van der Waals surface area contributed by atoms with Crippen molar-refractivity contribution in [2.24, 2.45) is 0 Å². The van der Waals surface area contributed by atoms with Gasteiger partial charge in [-0.05, 0) is 23.7 Å². The third-order valence-corrected chi connectivity index (χ3v) is 3.69. The van der Waals surface area contributed by atoms with Crippen molar-refractivity contribution in [3.05, 3.63) is 33.6 Å². The molecular formula is C12H14BrN3OS. The van der Waals surface area contributed by atoms with Gasteiger partial charge < -0.3 is 10.1 Å². The van der Waals surface area contributed by atoms with E-state index in [9.17, 15) is 0 Å². The molecule has 4 nitrogen and oxygen atoms in total. The molecule has 1 aromatic heterocycles. The number of nitrogens with zero attached hydrogens (tertiary/aromatic N) is 2. The van der Waals surface area contributed by atoms with Gasteiger partial charge in [0.15, 0.2) is 0 Å². The van der Waals surface area contributed by atoms with Crippen LogP contribution < -0.4 is 5.32 Å². The number of rotatable bonds is 6. The van der Waals surface area contributed by atoms with Crippen LogP contribution in [0.5, 0.6) is 0 Å². The second-order valence-electron chi connectivity index (χ2n) is 3.72. The third-order valence-electron chi connectivity index (χ3n) is 2.44. The summed E-state index contributed by atoms with van der Waals surface area (Å²) in [6, 6.07) is 8.10. The van der Waals surface area contributed by atoms with Crippen molar-refractivity contribution in [1.82, 2.24) is 14.9 Å². The maximum absolute atomic E-state index is 4.99. The molecule has 0 saturated heterocycles. The zero-order valence-electron chi connectivity index (χ0n) is 10.0. The van der Waals surface area contributed by atoms with Gasteiger partial charge in [-0.3, -0.25) is 0 Å². The highest BCUT2D eigenvalue weighted by molar-refractivity contribution is 9.10. The normalized spacial score (nSPS) is 10.8. The minimum absolute atomic E-state index is 0.708. The number of halogens is 1. The number of nitrogens with one attached hydrogen (secondary N) is 1. The Morgan fingerprint density at radius 2 is 2.11 bits per heavy atom. The van der Waals surface area contributed by atoms with Gasteiger partial charge in [0.05, 0.1) is 11.5 Å². The molecule has 0 unspecified atom stereocenters. The van der Waals surface area contributed by atoms with Gasteiger partial charge in [-0.2, -0.15) is 0 Å². The van der Waals surface area contributed by atoms with E-state index in [4.69, 9.17) is 4.74 Å². The minimum atomic E-state index is 0.708. The first-order valence-corrected chi connectivity index (χ1v) is 7.14. The maximum Gasteiger partial charge on any atom is 0.110 e. The van der Waals surface area contributed by atoms with Gasteiger partial charge in [0.25, 0.3) is 0 Å². The molecule has 1 N–H and O–H groups in total. The van der Waals surface area contributed by atoms with Gasteiger partial charge in [-0.15, -0.1) is 5.10 Å². The van der Waals surface area contributed by atoms with Crippen molar-refractivity contribution in [3.8, 4) is 11.3 Å². The topological polar surface area (TPSA) is 47.0 Å². The van der Waals surface area contributed by atoms with Crippen LogP contribution in [0.3, 0.4) is 0 Å². The molecule has 18 heavy (non-hydrogen) atoms. The molecule has 0 fully saturated rings. The molecule has 1 heterocycles. The number of aromatic nitrogens is 2. The SMILES string of the molecule is COCCNCc1snnc1-c1ccc(Br)cc1. The van der Waals surface area contributed by atoms with Crippen molar-refractivity contribution < 1.29 is 4.74 Å². The molecule has 0 aliphatic carbocycles. The number of ether oxygens (including phenoxy) is 1. The van der Waals surface area contributed by atoms with Gasteiger partial charge in [0, 0.05) is 30.2 Å². The quantitative estimate of drug-likeness (QED) is 0.829. The smallest absolute Gasteiger partial charge is 0.110 e. The molecule has 0 spiro atoms. The van der Waals surface area contributed by atoms with Gasteiger partial charge in [-0.1, -0.05) is 32.6 Å². The summed E-state index contributed by atoms with van der Waals surface area (Å²) in [5.74, 6) is 0. The largest absolute Gasteiger partial charge is 0.383 e. The molecular weight excluding hydrogens is 314 g/mol. The summed E-state index contributed by atoms with van der Waals surface area (Å²) in [5, 5.41) is 7.50. The van der Waals surface area contributed by atoms with E-state index in [1.807, 2.05) is 24.3 Å². The summed E-state index contributed by atoms with van der Waals surface area (Å²) in [6.07, 6.45) is 0. The van der Waals surface area contributed by atoms with Crippen LogP contribution in [0.2, 0.25) is 0 Å². The Balaban J connectivity index is 2.05. The Kier molecular flexibility index (Phi) is 5.25. The van der Waals surface area contributed by atoms with Crippen LogP contribution in [0.25, 0.3) is 11.3 Å². The minimum Gasteiger partial charge on any atom is -0.383 e. The van der Waals surface area contributed by atoms with Crippen LogP contribution in [0.1, 0.15) is 4.88 Å². The van der Waals surface area contributed by atoms with Crippen LogP contribution in [0.15, 0.2) is 28.7 Å². The third kappa shape index (κ3) is 3.58. The molecule has 0 amide bonds. The number of hydrogen-bond donors (Lipinski definition) is 1. The average molecular weight is 328 g/mol. The van der Waals surface area contributed by atoms with Crippen molar-refractivity contribution in [1.29, 1.82) is 0 Å². The Bertz CT molecular complexity index is 486. The predicted molar refractivity (Wildman–Crippen MR) is 76.6 cm³/mol. The van der Waals surface area contributed by atoms with E-state index in [0.29, 0.717) is 6.61 Å². The van der Waals surface area contributed by atoms with Crippen LogP contribution in [-0.2, 0) is 11.3 Å². The lowest BCUT2D eigenvalue weighted by atomic mass is 10.1. The number of benzene rings is 1. The summed E-state index contributed by atoms with van der Waals surface area (Å²) in [6.45, 7) is 2.31. The highest BCUT2D eigenvalue weighted by Gasteiger charge is 2.09. The second-order valence-corrected chi connectivity index (χ2v) is 5.48. The zero-order valence-corrected chi connectivity index (χ0v) is 12.4. The molecule has 0 atom stereocenters. The van der Waals surface area contributed by atoms with E-state index < -0.39 is 0 Å². The molecule has 1 aromatic carbocycles. The molecule has 0 aliphatic rings. The fourth-order valence-electron chi connectivity index (χ4n) is 1.53. The van der Waals surface area contributed by atoms with Gasteiger partial charge in [0.1, 0.15) is 5.69 Å². The van der Waals surface area contributed by atoms with Gasteiger partial charge in [0.2, 0.25) is 0 Å². The van der Waals surface area contributed by atoms with Crippen LogP contribution in [-0.4, -0.2) is 29.8 Å². The summed E-state index contributed by atoms with van der Waals surface area (Å²) >= 11 is 4.86. The van der Waals surface area contributed by atoms with Crippen molar-refractivity contribution >= 4 is 27.5 Å². The Labute approximate surface area is 119 Å². The monoisotopic (exact) mass is 327 g/mol. The van der Waals surface area contributed by atoms with Gasteiger partial charge in [-0.25, -0.2) is 0 Å². The first kappa shape index (κ1) is 13.6. The predicted octanol–water partition coefficient (Wildman–Crippen LogP) is 2.70. The Morgan fingerprint density at radius 1 is 1.33 bits per heavy atom. The lowest BCUT2D eigenvalue weighted by Gasteiger charge is -2.04.